The highest BCUT2D eigenvalue weighted by atomic mass is 16.5. The van der Waals surface area contributed by atoms with Gasteiger partial charge in [0.05, 0.1) is 13.7 Å². The van der Waals surface area contributed by atoms with Crippen molar-refractivity contribution in [3.63, 3.8) is 0 Å². The average molecular weight is 261 g/mol. The van der Waals surface area contributed by atoms with Crippen LogP contribution in [0.3, 0.4) is 0 Å². The molecular formula is C16H23NO2. The van der Waals surface area contributed by atoms with Crippen molar-refractivity contribution < 1.29 is 9.47 Å². The van der Waals surface area contributed by atoms with Crippen LogP contribution in [0.2, 0.25) is 0 Å². The van der Waals surface area contributed by atoms with Gasteiger partial charge < -0.3 is 14.8 Å². The summed E-state index contributed by atoms with van der Waals surface area (Å²) in [5.74, 6) is 3.44. The van der Waals surface area contributed by atoms with Gasteiger partial charge in [-0.25, -0.2) is 0 Å². The standard InChI is InChI=1S/C16H23NO2/c1-10(2)6-11-7-14(18-3)15(12-8-17-9-12)13-4-5-19-16(11)13/h7,10,12,17H,4-6,8-9H2,1-3H3. The fraction of sp³-hybridized carbons (Fsp3) is 0.625. The van der Waals surface area contributed by atoms with Gasteiger partial charge in [-0.3, -0.25) is 0 Å². The third kappa shape index (κ3) is 2.20. The Bertz CT molecular complexity index is 478. The summed E-state index contributed by atoms with van der Waals surface area (Å²) in [6.45, 7) is 7.44. The lowest BCUT2D eigenvalue weighted by molar-refractivity contribution is 0.350. The highest BCUT2D eigenvalue weighted by Gasteiger charge is 2.31. The zero-order valence-corrected chi connectivity index (χ0v) is 12.1. The van der Waals surface area contributed by atoms with E-state index in [0.29, 0.717) is 11.8 Å². The first-order valence-electron chi connectivity index (χ1n) is 7.26. The first-order chi connectivity index (χ1) is 9.20. The minimum Gasteiger partial charge on any atom is -0.496 e. The molecule has 0 bridgehead atoms. The van der Waals surface area contributed by atoms with Crippen molar-refractivity contribution in [1.82, 2.24) is 5.32 Å². The summed E-state index contributed by atoms with van der Waals surface area (Å²) in [5, 5.41) is 3.35. The molecule has 0 saturated carbocycles. The quantitative estimate of drug-likeness (QED) is 0.903. The van der Waals surface area contributed by atoms with Crippen molar-refractivity contribution in [3.8, 4) is 11.5 Å². The van der Waals surface area contributed by atoms with Gasteiger partial charge in [-0.05, 0) is 24.0 Å². The Labute approximate surface area is 115 Å². The van der Waals surface area contributed by atoms with Crippen molar-refractivity contribution in [1.29, 1.82) is 0 Å². The maximum Gasteiger partial charge on any atom is 0.126 e. The molecule has 3 nitrogen and oxygen atoms in total. The maximum absolute atomic E-state index is 5.91. The number of fused-ring (bicyclic) bond motifs is 1. The van der Waals surface area contributed by atoms with Crippen LogP contribution in [0.25, 0.3) is 0 Å². The lowest BCUT2D eigenvalue weighted by Crippen LogP contribution is -2.40. The van der Waals surface area contributed by atoms with Crippen LogP contribution in [0.4, 0.5) is 0 Å². The molecule has 2 heterocycles. The van der Waals surface area contributed by atoms with Gasteiger partial charge >= 0.3 is 0 Å². The largest absolute Gasteiger partial charge is 0.496 e. The van der Waals surface area contributed by atoms with Gasteiger partial charge in [0.15, 0.2) is 0 Å². The van der Waals surface area contributed by atoms with E-state index in [1.807, 2.05) is 0 Å². The third-order valence-corrected chi connectivity index (χ3v) is 4.10. The van der Waals surface area contributed by atoms with E-state index in [1.54, 1.807) is 7.11 Å². The zero-order chi connectivity index (χ0) is 13.4. The van der Waals surface area contributed by atoms with Gasteiger partial charge in [-0.2, -0.15) is 0 Å². The third-order valence-electron chi connectivity index (χ3n) is 4.10. The number of rotatable bonds is 4. The Kier molecular flexibility index (Phi) is 3.40. The van der Waals surface area contributed by atoms with Gasteiger partial charge in [-0.15, -0.1) is 0 Å². The predicted octanol–water partition coefficient (Wildman–Crippen LogP) is 2.52. The van der Waals surface area contributed by atoms with Crippen LogP contribution in [0.5, 0.6) is 11.5 Å². The Morgan fingerprint density at radius 3 is 2.79 bits per heavy atom. The molecule has 3 rings (SSSR count). The molecule has 0 spiro atoms. The first kappa shape index (κ1) is 12.8. The van der Waals surface area contributed by atoms with Gasteiger partial charge in [-0.1, -0.05) is 13.8 Å². The van der Waals surface area contributed by atoms with Gasteiger partial charge in [0.1, 0.15) is 11.5 Å². The van der Waals surface area contributed by atoms with E-state index in [0.717, 1.165) is 44.0 Å². The molecule has 1 aromatic carbocycles. The minimum absolute atomic E-state index is 0.596. The molecule has 2 aliphatic heterocycles. The van der Waals surface area contributed by atoms with Crippen molar-refractivity contribution in [3.05, 3.63) is 22.8 Å². The molecular weight excluding hydrogens is 238 g/mol. The molecule has 1 saturated heterocycles. The number of methoxy groups -OCH3 is 1. The van der Waals surface area contributed by atoms with Crippen LogP contribution < -0.4 is 14.8 Å². The smallest absolute Gasteiger partial charge is 0.126 e. The van der Waals surface area contributed by atoms with E-state index in [9.17, 15) is 0 Å². The first-order valence-corrected chi connectivity index (χ1v) is 7.26. The molecule has 2 aliphatic rings. The summed E-state index contributed by atoms with van der Waals surface area (Å²) in [6.07, 6.45) is 2.09. The molecule has 1 aromatic rings. The van der Waals surface area contributed by atoms with E-state index >= 15 is 0 Å². The van der Waals surface area contributed by atoms with E-state index in [4.69, 9.17) is 9.47 Å². The normalized spacial score (nSPS) is 18.1. The molecule has 0 amide bonds. The summed E-state index contributed by atoms with van der Waals surface area (Å²) < 4.78 is 11.6. The van der Waals surface area contributed by atoms with Crippen LogP contribution in [0, 0.1) is 5.92 Å². The summed E-state index contributed by atoms with van der Waals surface area (Å²) >= 11 is 0. The number of hydrogen-bond acceptors (Lipinski definition) is 3. The van der Waals surface area contributed by atoms with Crippen molar-refractivity contribution in [2.45, 2.75) is 32.6 Å². The molecule has 104 valence electrons. The molecule has 3 heteroatoms. The van der Waals surface area contributed by atoms with Crippen LogP contribution >= 0.6 is 0 Å². The molecule has 0 unspecified atom stereocenters. The summed E-state index contributed by atoms with van der Waals surface area (Å²) in [6, 6.07) is 2.21. The van der Waals surface area contributed by atoms with Crippen molar-refractivity contribution >= 4 is 0 Å². The monoisotopic (exact) mass is 261 g/mol. The van der Waals surface area contributed by atoms with Crippen molar-refractivity contribution in [2.24, 2.45) is 5.92 Å². The number of nitrogens with one attached hydrogen (secondary N) is 1. The van der Waals surface area contributed by atoms with Gasteiger partial charge in [0.2, 0.25) is 0 Å². The molecule has 0 aromatic heterocycles. The van der Waals surface area contributed by atoms with Crippen LogP contribution in [-0.2, 0) is 12.8 Å². The van der Waals surface area contributed by atoms with Crippen LogP contribution in [0.15, 0.2) is 6.07 Å². The van der Waals surface area contributed by atoms with Gasteiger partial charge in [0, 0.05) is 36.6 Å². The Morgan fingerprint density at radius 1 is 1.42 bits per heavy atom. The zero-order valence-electron chi connectivity index (χ0n) is 12.1. The lowest BCUT2D eigenvalue weighted by Gasteiger charge is -2.31. The van der Waals surface area contributed by atoms with Crippen molar-refractivity contribution in [2.75, 3.05) is 26.8 Å². The molecule has 0 atom stereocenters. The second-order valence-electron chi connectivity index (χ2n) is 6.01. The van der Waals surface area contributed by atoms with Crippen LogP contribution in [0.1, 0.15) is 36.5 Å². The minimum atomic E-state index is 0.596. The summed E-state index contributed by atoms with van der Waals surface area (Å²) in [7, 11) is 1.78. The average Bonchev–Trinajstić information content (AvgIpc) is 2.78. The van der Waals surface area contributed by atoms with Gasteiger partial charge in [0.25, 0.3) is 0 Å². The highest BCUT2D eigenvalue weighted by Crippen LogP contribution is 2.43. The predicted molar refractivity (Wildman–Crippen MR) is 76.3 cm³/mol. The highest BCUT2D eigenvalue weighted by molar-refractivity contribution is 5.57. The number of ether oxygens (including phenoxy) is 2. The summed E-state index contributed by atoms with van der Waals surface area (Å²) in [4.78, 5) is 0. The molecule has 1 fully saturated rings. The second kappa shape index (κ2) is 5.04. The number of hydrogen-bond donors (Lipinski definition) is 1. The molecule has 0 aliphatic carbocycles. The molecule has 0 radical (unpaired) electrons. The Hall–Kier alpha value is -1.22. The number of benzene rings is 1. The van der Waals surface area contributed by atoms with Crippen LogP contribution in [-0.4, -0.2) is 26.8 Å². The summed E-state index contributed by atoms with van der Waals surface area (Å²) in [5.41, 5.74) is 4.11. The molecule has 1 N–H and O–H groups in total. The Morgan fingerprint density at radius 2 is 2.21 bits per heavy atom. The lowest BCUT2D eigenvalue weighted by atomic mass is 9.85. The maximum atomic E-state index is 5.91. The van der Waals surface area contributed by atoms with E-state index in [-0.39, 0.29) is 0 Å². The second-order valence-corrected chi connectivity index (χ2v) is 6.01. The fourth-order valence-electron chi connectivity index (χ4n) is 3.15. The Balaban J connectivity index is 2.07. The molecule has 19 heavy (non-hydrogen) atoms. The SMILES string of the molecule is COc1cc(CC(C)C)c2c(c1C1CNC1)CCO2. The van der Waals surface area contributed by atoms with E-state index in [2.05, 4.69) is 25.2 Å². The fourth-order valence-corrected chi connectivity index (χ4v) is 3.15. The van der Waals surface area contributed by atoms with E-state index in [1.165, 1.54) is 16.7 Å². The topological polar surface area (TPSA) is 30.5 Å². The van der Waals surface area contributed by atoms with E-state index < -0.39 is 0 Å².